The topological polar surface area (TPSA) is 37.3 Å². The monoisotopic (exact) mass is 554 g/mol. The molecule has 0 aromatic carbocycles. The Kier molecular flexibility index (Phi) is 7.05. The van der Waals surface area contributed by atoms with E-state index in [2.05, 4.69) is 57.2 Å². The summed E-state index contributed by atoms with van der Waals surface area (Å²) < 4.78 is 1.22. The van der Waals surface area contributed by atoms with Crippen LogP contribution in [0.25, 0.3) is 0 Å². The zero-order valence-corrected chi connectivity index (χ0v) is 23.6. The van der Waals surface area contributed by atoms with Crippen LogP contribution in [0.1, 0.15) is 106 Å². The van der Waals surface area contributed by atoms with Gasteiger partial charge in [-0.2, -0.15) is 0 Å². The number of ketones is 1. The van der Waals surface area contributed by atoms with E-state index in [9.17, 15) is 9.90 Å². The molecule has 4 aliphatic carbocycles. The number of carbonyl (C=O) groups is 1. The average Bonchev–Trinajstić information content (AvgIpc) is 3.14. The second-order valence-corrected chi connectivity index (χ2v) is 14.0. The lowest BCUT2D eigenvalue weighted by Crippen LogP contribution is -2.57. The Labute approximate surface area is 210 Å². The van der Waals surface area contributed by atoms with Gasteiger partial charge in [0.05, 0.1) is 11.5 Å². The molecular formula is C29H47IO2. The van der Waals surface area contributed by atoms with Gasteiger partial charge in [0.25, 0.3) is 0 Å². The summed E-state index contributed by atoms with van der Waals surface area (Å²) in [5.41, 5.74) is 3.75. The summed E-state index contributed by atoms with van der Waals surface area (Å²) in [6.45, 7) is 14.1. The third kappa shape index (κ3) is 3.69. The third-order valence-electron chi connectivity index (χ3n) is 11.5. The standard InChI is InChI=1S/C29H47IO2/c1-18(2)22-8-15-29(20(4)31)14-7-21(17-24(22)29)27(5)12-9-23-19(3)25(32)10-13-28(23,6)26(27)11-16-30/h18-19,21,23,25-26,32H,7-17H2,1-6H3. The van der Waals surface area contributed by atoms with Gasteiger partial charge in [-0.25, -0.2) is 0 Å². The van der Waals surface area contributed by atoms with Gasteiger partial charge in [-0.05, 0) is 116 Å². The molecule has 0 aliphatic heterocycles. The van der Waals surface area contributed by atoms with Crippen molar-refractivity contribution in [3.8, 4) is 0 Å². The number of hydrogen-bond donors (Lipinski definition) is 1. The van der Waals surface area contributed by atoms with Gasteiger partial charge in [-0.15, -0.1) is 0 Å². The minimum Gasteiger partial charge on any atom is -0.393 e. The molecule has 32 heavy (non-hydrogen) atoms. The van der Waals surface area contributed by atoms with Gasteiger partial charge >= 0.3 is 0 Å². The van der Waals surface area contributed by atoms with E-state index in [1.54, 1.807) is 11.1 Å². The smallest absolute Gasteiger partial charge is 0.140 e. The highest BCUT2D eigenvalue weighted by molar-refractivity contribution is 14.1. The van der Waals surface area contributed by atoms with Crippen LogP contribution in [0.2, 0.25) is 0 Å². The Balaban J connectivity index is 1.70. The molecule has 0 saturated heterocycles. The number of Topliss-reactive ketones (excluding diaryl/α,β-unsaturated/α-hetero) is 1. The highest BCUT2D eigenvalue weighted by Gasteiger charge is 2.60. The number of allylic oxidation sites excluding steroid dienone is 2. The lowest BCUT2D eigenvalue weighted by atomic mass is 9.42. The van der Waals surface area contributed by atoms with Gasteiger partial charge in [0, 0.05) is 0 Å². The molecule has 0 bridgehead atoms. The number of halogens is 1. The van der Waals surface area contributed by atoms with E-state index in [1.165, 1.54) is 43.0 Å². The fourth-order valence-electron chi connectivity index (χ4n) is 9.55. The molecule has 0 heterocycles. The Bertz CT molecular complexity index is 771. The van der Waals surface area contributed by atoms with E-state index in [4.69, 9.17) is 0 Å². The molecule has 4 rings (SSSR count). The van der Waals surface area contributed by atoms with Crippen LogP contribution in [0.3, 0.4) is 0 Å². The highest BCUT2D eigenvalue weighted by Crippen LogP contribution is 2.67. The third-order valence-corrected chi connectivity index (χ3v) is 12.1. The molecule has 3 saturated carbocycles. The van der Waals surface area contributed by atoms with Crippen LogP contribution in [-0.2, 0) is 4.79 Å². The van der Waals surface area contributed by atoms with Crippen LogP contribution in [0.5, 0.6) is 0 Å². The maximum Gasteiger partial charge on any atom is 0.140 e. The molecule has 0 aromatic heterocycles. The van der Waals surface area contributed by atoms with Gasteiger partial charge in [-0.3, -0.25) is 4.79 Å². The normalized spacial score (nSPS) is 46.8. The van der Waals surface area contributed by atoms with Crippen LogP contribution < -0.4 is 0 Å². The molecule has 2 nitrogen and oxygen atoms in total. The van der Waals surface area contributed by atoms with Crippen LogP contribution in [0.4, 0.5) is 0 Å². The molecule has 0 amide bonds. The van der Waals surface area contributed by atoms with Crippen molar-refractivity contribution in [1.82, 2.24) is 0 Å². The van der Waals surface area contributed by atoms with E-state index in [-0.39, 0.29) is 11.5 Å². The van der Waals surface area contributed by atoms with E-state index < -0.39 is 0 Å². The van der Waals surface area contributed by atoms with Gasteiger partial charge in [0.1, 0.15) is 5.78 Å². The number of alkyl halides is 1. The van der Waals surface area contributed by atoms with Crippen molar-refractivity contribution in [2.24, 2.45) is 45.8 Å². The van der Waals surface area contributed by atoms with E-state index in [0.29, 0.717) is 40.3 Å². The van der Waals surface area contributed by atoms with Gasteiger partial charge < -0.3 is 5.11 Å². The number of aliphatic hydroxyl groups excluding tert-OH is 1. The largest absolute Gasteiger partial charge is 0.393 e. The summed E-state index contributed by atoms with van der Waals surface area (Å²) in [5, 5.41) is 10.7. The van der Waals surface area contributed by atoms with Crippen LogP contribution in [0, 0.1) is 45.8 Å². The van der Waals surface area contributed by atoms with Crippen molar-refractivity contribution in [3.05, 3.63) is 11.1 Å². The molecule has 8 unspecified atom stereocenters. The fraction of sp³-hybridized carbons (Fsp3) is 0.897. The first-order valence-electron chi connectivity index (χ1n) is 13.5. The quantitative estimate of drug-likeness (QED) is 0.214. The summed E-state index contributed by atoms with van der Waals surface area (Å²) in [6, 6.07) is 0. The minimum atomic E-state index is -0.129. The van der Waals surface area contributed by atoms with Crippen LogP contribution in [-0.4, -0.2) is 21.4 Å². The number of carbonyl (C=O) groups excluding carboxylic acids is 1. The first-order chi connectivity index (χ1) is 15.0. The Morgan fingerprint density at radius 3 is 2.41 bits per heavy atom. The summed E-state index contributed by atoms with van der Waals surface area (Å²) in [5.74, 6) is 3.50. The number of rotatable bonds is 5. The minimum absolute atomic E-state index is 0.110. The summed E-state index contributed by atoms with van der Waals surface area (Å²) in [4.78, 5) is 12.9. The zero-order valence-electron chi connectivity index (χ0n) is 21.5. The molecule has 182 valence electrons. The zero-order chi connectivity index (χ0) is 23.5. The van der Waals surface area contributed by atoms with Crippen molar-refractivity contribution in [2.45, 2.75) is 112 Å². The maximum atomic E-state index is 12.9. The summed E-state index contributed by atoms with van der Waals surface area (Å²) in [7, 11) is 0. The lowest BCUT2D eigenvalue weighted by Gasteiger charge is -2.63. The predicted octanol–water partition coefficient (Wildman–Crippen LogP) is 7.76. The van der Waals surface area contributed by atoms with E-state index in [0.717, 1.165) is 31.6 Å². The van der Waals surface area contributed by atoms with Gasteiger partial charge in [0.15, 0.2) is 0 Å². The van der Waals surface area contributed by atoms with Crippen LogP contribution in [0.15, 0.2) is 11.1 Å². The molecule has 0 radical (unpaired) electrons. The second-order valence-electron chi connectivity index (χ2n) is 12.9. The molecule has 0 spiro atoms. The van der Waals surface area contributed by atoms with Crippen molar-refractivity contribution in [3.63, 3.8) is 0 Å². The Morgan fingerprint density at radius 1 is 1.09 bits per heavy atom. The Hall–Kier alpha value is 0.1000. The predicted molar refractivity (Wildman–Crippen MR) is 142 cm³/mol. The number of aliphatic hydroxyl groups is 1. The molecule has 1 N–H and O–H groups in total. The Morgan fingerprint density at radius 2 is 1.78 bits per heavy atom. The molecule has 8 atom stereocenters. The first-order valence-corrected chi connectivity index (χ1v) is 15.0. The van der Waals surface area contributed by atoms with Crippen molar-refractivity contribution < 1.29 is 9.90 Å². The lowest BCUT2D eigenvalue weighted by molar-refractivity contribution is -0.154. The SMILES string of the molecule is CC(=O)C12CCC(C(C)C)=C1CC(C1(C)CCC3C(C)C(O)CCC3(C)C1CCI)CC2. The molecular weight excluding hydrogens is 507 g/mol. The maximum absolute atomic E-state index is 12.9. The summed E-state index contributed by atoms with van der Waals surface area (Å²) in [6.07, 6.45) is 11.6. The fourth-order valence-corrected chi connectivity index (χ4v) is 10.2. The molecule has 0 aromatic rings. The second kappa shape index (κ2) is 8.95. The number of hydrogen-bond acceptors (Lipinski definition) is 2. The van der Waals surface area contributed by atoms with Gasteiger partial charge in [0.2, 0.25) is 0 Å². The number of fused-ring (bicyclic) bond motifs is 2. The van der Waals surface area contributed by atoms with E-state index >= 15 is 0 Å². The van der Waals surface area contributed by atoms with Gasteiger partial charge in [-0.1, -0.05) is 68.4 Å². The highest BCUT2D eigenvalue weighted by atomic mass is 127. The molecule has 3 fully saturated rings. The van der Waals surface area contributed by atoms with Crippen molar-refractivity contribution in [2.75, 3.05) is 4.43 Å². The molecule has 3 heteroatoms. The van der Waals surface area contributed by atoms with E-state index in [1.807, 2.05) is 6.92 Å². The first kappa shape index (κ1) is 25.2. The summed E-state index contributed by atoms with van der Waals surface area (Å²) >= 11 is 2.60. The van der Waals surface area contributed by atoms with Crippen molar-refractivity contribution in [1.29, 1.82) is 0 Å². The molecule has 4 aliphatic rings. The van der Waals surface area contributed by atoms with Crippen molar-refractivity contribution >= 4 is 28.4 Å². The van der Waals surface area contributed by atoms with Crippen LogP contribution >= 0.6 is 22.6 Å². The average molecular weight is 555 g/mol.